The quantitative estimate of drug-likeness (QED) is 0.601. The molecule has 0 unspecified atom stereocenters. The Labute approximate surface area is 174 Å². The van der Waals surface area contributed by atoms with Crippen molar-refractivity contribution in [2.45, 2.75) is 25.8 Å². The lowest BCUT2D eigenvalue weighted by Gasteiger charge is -2.29. The Balaban J connectivity index is 1.56. The molecular weight excluding hydrogens is 385 g/mol. The number of rotatable bonds is 5. The fraction of sp³-hybridized carbons (Fsp3) is 0.304. The third-order valence-corrected chi connectivity index (χ3v) is 5.49. The molecule has 0 saturated carbocycles. The van der Waals surface area contributed by atoms with Crippen molar-refractivity contribution in [3.8, 4) is 5.75 Å². The van der Waals surface area contributed by atoms with Gasteiger partial charge in [-0.1, -0.05) is 18.2 Å². The Morgan fingerprint density at radius 2 is 1.87 bits per heavy atom. The van der Waals surface area contributed by atoms with Crippen LogP contribution in [0.2, 0.25) is 0 Å². The van der Waals surface area contributed by atoms with E-state index in [9.17, 15) is 14.0 Å². The topological polar surface area (TPSA) is 61.9 Å². The van der Waals surface area contributed by atoms with Gasteiger partial charge in [-0.15, -0.1) is 0 Å². The molecule has 2 aliphatic rings. The van der Waals surface area contributed by atoms with Crippen molar-refractivity contribution < 1.29 is 18.7 Å². The molecule has 7 heteroatoms. The number of nitrogens with zero attached hydrogens (tertiary/aromatic N) is 2. The van der Waals surface area contributed by atoms with Crippen LogP contribution in [0.4, 0.5) is 14.9 Å². The number of hydrogen-bond acceptors (Lipinski definition) is 4. The minimum absolute atomic E-state index is 0.125. The second kappa shape index (κ2) is 8.57. The number of piperidine rings is 1. The largest absolute Gasteiger partial charge is 0.496 e. The molecule has 6 nitrogen and oxygen atoms in total. The second-order valence-corrected chi connectivity index (χ2v) is 7.44. The summed E-state index contributed by atoms with van der Waals surface area (Å²) in [5.41, 5.74) is 2.19. The molecule has 0 bridgehead atoms. The summed E-state index contributed by atoms with van der Waals surface area (Å²) in [6, 6.07) is 11.4. The lowest BCUT2D eigenvalue weighted by Crippen LogP contribution is -2.30. The molecule has 0 radical (unpaired) electrons. The van der Waals surface area contributed by atoms with Gasteiger partial charge in [-0.25, -0.2) is 9.18 Å². The van der Waals surface area contributed by atoms with E-state index in [4.69, 9.17) is 4.74 Å². The molecule has 0 spiro atoms. The van der Waals surface area contributed by atoms with Gasteiger partial charge >= 0.3 is 6.03 Å². The van der Waals surface area contributed by atoms with Crippen molar-refractivity contribution in [2.75, 3.05) is 25.1 Å². The van der Waals surface area contributed by atoms with Gasteiger partial charge in [-0.05, 0) is 43.5 Å². The highest BCUT2D eigenvalue weighted by Gasteiger charge is 2.34. The van der Waals surface area contributed by atoms with Gasteiger partial charge in [0.2, 0.25) is 0 Å². The van der Waals surface area contributed by atoms with Crippen molar-refractivity contribution in [3.05, 3.63) is 65.1 Å². The molecule has 2 fully saturated rings. The standard InChI is InChI=1S/C23H24FN3O3/c1-30-21-14-18(26-11-5-2-6-12-26)10-9-16(21)13-20-22(28)27(23(29)25-20)15-17-7-3-4-8-19(17)24/h3-4,7-10,13-14H,2,5-6,11-12,15H2,1H3,(H,25,29). The molecule has 1 N–H and O–H groups in total. The Hall–Kier alpha value is -3.35. The molecule has 2 aromatic rings. The molecule has 0 atom stereocenters. The summed E-state index contributed by atoms with van der Waals surface area (Å²) in [7, 11) is 1.58. The second-order valence-electron chi connectivity index (χ2n) is 7.44. The van der Waals surface area contributed by atoms with Gasteiger partial charge in [0.15, 0.2) is 0 Å². The minimum atomic E-state index is -0.571. The molecule has 30 heavy (non-hydrogen) atoms. The first-order valence-electron chi connectivity index (χ1n) is 10.1. The number of methoxy groups -OCH3 is 1. The molecule has 2 aromatic carbocycles. The van der Waals surface area contributed by atoms with Crippen LogP contribution in [0.1, 0.15) is 30.4 Å². The van der Waals surface area contributed by atoms with Crippen molar-refractivity contribution in [1.82, 2.24) is 10.2 Å². The summed E-state index contributed by atoms with van der Waals surface area (Å²) < 4.78 is 19.5. The highest BCUT2D eigenvalue weighted by atomic mass is 19.1. The smallest absolute Gasteiger partial charge is 0.329 e. The predicted octanol–water partition coefficient (Wildman–Crippen LogP) is 3.92. The lowest BCUT2D eigenvalue weighted by molar-refractivity contribution is -0.123. The van der Waals surface area contributed by atoms with Gasteiger partial charge in [-0.3, -0.25) is 9.69 Å². The van der Waals surface area contributed by atoms with Crippen LogP contribution in [0.25, 0.3) is 6.08 Å². The zero-order valence-corrected chi connectivity index (χ0v) is 16.9. The van der Waals surface area contributed by atoms with Crippen LogP contribution in [0.15, 0.2) is 48.2 Å². The summed E-state index contributed by atoms with van der Waals surface area (Å²) in [4.78, 5) is 28.4. The third kappa shape index (κ3) is 4.01. The van der Waals surface area contributed by atoms with Crippen LogP contribution in [0, 0.1) is 5.82 Å². The van der Waals surface area contributed by atoms with Crippen molar-refractivity contribution in [2.24, 2.45) is 0 Å². The number of amides is 3. The van der Waals surface area contributed by atoms with Crippen LogP contribution in [-0.2, 0) is 11.3 Å². The number of nitrogens with one attached hydrogen (secondary N) is 1. The van der Waals surface area contributed by atoms with Crippen LogP contribution < -0.4 is 15.0 Å². The maximum absolute atomic E-state index is 13.9. The summed E-state index contributed by atoms with van der Waals surface area (Å²) in [5, 5.41) is 2.58. The van der Waals surface area contributed by atoms with Crippen molar-refractivity contribution in [3.63, 3.8) is 0 Å². The first-order valence-corrected chi connectivity index (χ1v) is 10.1. The number of carbonyl (C=O) groups excluding carboxylic acids is 2. The van der Waals surface area contributed by atoms with Crippen LogP contribution in [-0.4, -0.2) is 37.0 Å². The molecule has 4 rings (SSSR count). The monoisotopic (exact) mass is 409 g/mol. The zero-order valence-electron chi connectivity index (χ0n) is 16.9. The Bertz CT molecular complexity index is 999. The normalized spacial score (nSPS) is 18.1. The van der Waals surface area contributed by atoms with Crippen LogP contribution in [0.3, 0.4) is 0 Å². The summed E-state index contributed by atoms with van der Waals surface area (Å²) in [5.74, 6) is -0.323. The molecule has 2 aliphatic heterocycles. The number of ether oxygens (including phenoxy) is 1. The average molecular weight is 409 g/mol. The molecular formula is C23H24FN3O3. The predicted molar refractivity (Wildman–Crippen MR) is 113 cm³/mol. The van der Waals surface area contributed by atoms with E-state index < -0.39 is 17.8 Å². The van der Waals surface area contributed by atoms with Gasteiger partial charge in [0.05, 0.1) is 13.7 Å². The lowest BCUT2D eigenvalue weighted by atomic mass is 10.1. The molecule has 3 amide bonds. The molecule has 2 saturated heterocycles. The summed E-state index contributed by atoms with van der Waals surface area (Å²) in [6.45, 7) is 1.91. The van der Waals surface area contributed by atoms with Crippen LogP contribution in [0.5, 0.6) is 5.75 Å². The van der Waals surface area contributed by atoms with E-state index in [0.29, 0.717) is 11.3 Å². The van der Waals surface area contributed by atoms with Crippen LogP contribution >= 0.6 is 0 Å². The molecule has 156 valence electrons. The average Bonchev–Trinajstić information content (AvgIpc) is 3.03. The van der Waals surface area contributed by atoms with E-state index in [1.54, 1.807) is 31.4 Å². The Kier molecular flexibility index (Phi) is 5.70. The van der Waals surface area contributed by atoms with E-state index in [-0.39, 0.29) is 17.8 Å². The maximum atomic E-state index is 13.9. The number of hydrogen-bond donors (Lipinski definition) is 1. The molecule has 2 heterocycles. The van der Waals surface area contributed by atoms with Crippen molar-refractivity contribution in [1.29, 1.82) is 0 Å². The van der Waals surface area contributed by atoms with Gasteiger partial charge in [0, 0.05) is 36.0 Å². The number of carbonyl (C=O) groups is 2. The number of benzene rings is 2. The molecule has 0 aromatic heterocycles. The summed E-state index contributed by atoms with van der Waals surface area (Å²) in [6.07, 6.45) is 5.20. The van der Waals surface area contributed by atoms with E-state index >= 15 is 0 Å². The van der Waals surface area contributed by atoms with Gasteiger partial charge < -0.3 is 15.0 Å². The minimum Gasteiger partial charge on any atom is -0.496 e. The van der Waals surface area contributed by atoms with E-state index in [1.807, 2.05) is 18.2 Å². The van der Waals surface area contributed by atoms with E-state index in [0.717, 1.165) is 23.7 Å². The van der Waals surface area contributed by atoms with E-state index in [1.165, 1.54) is 25.3 Å². The Morgan fingerprint density at radius 3 is 2.60 bits per heavy atom. The third-order valence-electron chi connectivity index (χ3n) is 5.49. The number of imide groups is 1. The number of halogens is 1. The van der Waals surface area contributed by atoms with Gasteiger partial charge in [0.1, 0.15) is 17.3 Å². The number of urea groups is 1. The maximum Gasteiger partial charge on any atom is 0.329 e. The van der Waals surface area contributed by atoms with E-state index in [2.05, 4.69) is 10.2 Å². The van der Waals surface area contributed by atoms with Crippen molar-refractivity contribution >= 4 is 23.7 Å². The molecule has 0 aliphatic carbocycles. The highest BCUT2D eigenvalue weighted by molar-refractivity contribution is 6.14. The fourth-order valence-electron chi connectivity index (χ4n) is 3.84. The zero-order chi connectivity index (χ0) is 21.1. The number of anilines is 1. The fourth-order valence-corrected chi connectivity index (χ4v) is 3.84. The first-order chi connectivity index (χ1) is 14.6. The van der Waals surface area contributed by atoms with Gasteiger partial charge in [-0.2, -0.15) is 0 Å². The highest BCUT2D eigenvalue weighted by Crippen LogP contribution is 2.30. The van der Waals surface area contributed by atoms with Gasteiger partial charge in [0.25, 0.3) is 5.91 Å². The SMILES string of the molecule is COc1cc(N2CCCCC2)ccc1C=C1NC(=O)N(Cc2ccccc2F)C1=O. The Morgan fingerprint density at radius 1 is 1.10 bits per heavy atom. The first kappa shape index (κ1) is 19.9. The summed E-state index contributed by atoms with van der Waals surface area (Å²) >= 11 is 0.